The maximum atomic E-state index is 12.1. The number of aromatic hydroxyl groups is 1. The number of aryl methyl sites for hydroxylation is 1. The van der Waals surface area contributed by atoms with Gasteiger partial charge in [0.2, 0.25) is 0 Å². The van der Waals surface area contributed by atoms with Crippen LogP contribution < -0.4 is 10.9 Å². The predicted molar refractivity (Wildman–Crippen MR) is 95.1 cm³/mol. The topological polar surface area (TPSA) is 65.1 Å². The van der Waals surface area contributed by atoms with E-state index in [9.17, 15) is 9.90 Å². The SMILES string of the molecule is Br.Cc1ccc2cc(CNc3ccccc3O)c(=O)[nH]c2c1. The Kier molecular flexibility index (Phi) is 4.88. The number of aromatic nitrogens is 1. The Hall–Kier alpha value is -2.27. The lowest BCUT2D eigenvalue weighted by atomic mass is 10.1. The lowest BCUT2D eigenvalue weighted by molar-refractivity contribution is 0.477. The highest BCUT2D eigenvalue weighted by Gasteiger charge is 2.05. The van der Waals surface area contributed by atoms with Crippen LogP contribution in [0.2, 0.25) is 0 Å². The van der Waals surface area contributed by atoms with Crippen LogP contribution in [0.1, 0.15) is 11.1 Å². The molecule has 0 spiro atoms. The van der Waals surface area contributed by atoms with Crippen molar-refractivity contribution in [3.8, 4) is 5.75 Å². The maximum Gasteiger partial charge on any atom is 0.253 e. The molecule has 3 rings (SSSR count). The Balaban J connectivity index is 0.00000176. The van der Waals surface area contributed by atoms with Gasteiger partial charge in [0.05, 0.1) is 5.69 Å². The van der Waals surface area contributed by atoms with E-state index in [1.54, 1.807) is 18.2 Å². The first-order valence-corrected chi connectivity index (χ1v) is 6.78. The van der Waals surface area contributed by atoms with Crippen molar-refractivity contribution in [3.63, 3.8) is 0 Å². The first kappa shape index (κ1) is 16.1. The third-order valence-electron chi connectivity index (χ3n) is 3.45. The van der Waals surface area contributed by atoms with Crippen molar-refractivity contribution in [2.45, 2.75) is 13.5 Å². The normalized spacial score (nSPS) is 10.2. The van der Waals surface area contributed by atoms with E-state index in [2.05, 4.69) is 10.3 Å². The fourth-order valence-corrected chi connectivity index (χ4v) is 2.30. The lowest BCUT2D eigenvalue weighted by Crippen LogP contribution is -2.15. The number of anilines is 1. The Bertz CT molecular complexity index is 859. The molecule has 3 N–H and O–H groups in total. The number of para-hydroxylation sites is 2. The zero-order chi connectivity index (χ0) is 14.8. The average Bonchev–Trinajstić information content (AvgIpc) is 2.46. The molecule has 0 aliphatic carbocycles. The van der Waals surface area contributed by atoms with Gasteiger partial charge in [-0.2, -0.15) is 0 Å². The number of hydrogen-bond acceptors (Lipinski definition) is 3. The zero-order valence-corrected chi connectivity index (χ0v) is 13.8. The Morgan fingerprint density at radius 2 is 1.91 bits per heavy atom. The molecule has 0 radical (unpaired) electrons. The van der Waals surface area contributed by atoms with Gasteiger partial charge in [-0.15, -0.1) is 17.0 Å². The van der Waals surface area contributed by atoms with E-state index < -0.39 is 0 Å². The van der Waals surface area contributed by atoms with Crippen LogP contribution in [0, 0.1) is 6.92 Å². The van der Waals surface area contributed by atoms with E-state index in [1.807, 2.05) is 37.3 Å². The minimum atomic E-state index is -0.115. The number of halogens is 1. The third-order valence-corrected chi connectivity index (χ3v) is 3.45. The van der Waals surface area contributed by atoms with Gasteiger partial charge in [-0.05, 0) is 42.1 Å². The van der Waals surface area contributed by atoms with Crippen molar-refractivity contribution in [2.24, 2.45) is 0 Å². The smallest absolute Gasteiger partial charge is 0.253 e. The predicted octanol–water partition coefficient (Wildman–Crippen LogP) is 3.73. The summed E-state index contributed by atoms with van der Waals surface area (Å²) in [6, 6.07) is 14.8. The Labute approximate surface area is 138 Å². The van der Waals surface area contributed by atoms with E-state index in [-0.39, 0.29) is 28.3 Å². The molecule has 1 heterocycles. The minimum absolute atomic E-state index is 0. The first-order valence-electron chi connectivity index (χ1n) is 6.78. The number of rotatable bonds is 3. The van der Waals surface area contributed by atoms with Crippen LogP contribution in [0.25, 0.3) is 10.9 Å². The van der Waals surface area contributed by atoms with Crippen LogP contribution in [-0.4, -0.2) is 10.1 Å². The molecule has 0 unspecified atom stereocenters. The highest BCUT2D eigenvalue weighted by molar-refractivity contribution is 8.93. The summed E-state index contributed by atoms with van der Waals surface area (Å²) in [5.41, 5.74) is 3.08. The summed E-state index contributed by atoms with van der Waals surface area (Å²) >= 11 is 0. The molecule has 4 nitrogen and oxygen atoms in total. The van der Waals surface area contributed by atoms with Crippen molar-refractivity contribution in [1.82, 2.24) is 4.98 Å². The molecule has 0 fully saturated rings. The van der Waals surface area contributed by atoms with Crippen molar-refractivity contribution in [1.29, 1.82) is 0 Å². The summed E-state index contributed by atoms with van der Waals surface area (Å²) in [6.07, 6.45) is 0. The van der Waals surface area contributed by atoms with Gasteiger partial charge in [0.15, 0.2) is 0 Å². The van der Waals surface area contributed by atoms with Crippen LogP contribution in [0.4, 0.5) is 5.69 Å². The molecule has 0 amide bonds. The van der Waals surface area contributed by atoms with Gasteiger partial charge < -0.3 is 15.4 Å². The summed E-state index contributed by atoms with van der Waals surface area (Å²) in [7, 11) is 0. The standard InChI is InChI=1S/C17H16N2O2.BrH/c1-11-6-7-12-9-13(17(21)19-15(12)8-11)10-18-14-4-2-3-5-16(14)20;/h2-9,18,20H,10H2,1H3,(H,19,21);1H. The molecule has 114 valence electrons. The Morgan fingerprint density at radius 3 is 2.68 bits per heavy atom. The molecule has 22 heavy (non-hydrogen) atoms. The number of pyridine rings is 1. The van der Waals surface area contributed by atoms with Gasteiger partial charge in [0.25, 0.3) is 5.56 Å². The summed E-state index contributed by atoms with van der Waals surface area (Å²) in [6.45, 7) is 2.35. The highest BCUT2D eigenvalue weighted by atomic mass is 79.9. The molecule has 3 aromatic rings. The summed E-state index contributed by atoms with van der Waals surface area (Å²) in [4.78, 5) is 15.0. The molecular weight excluding hydrogens is 344 g/mol. The van der Waals surface area contributed by atoms with Crippen LogP contribution >= 0.6 is 17.0 Å². The fraction of sp³-hybridized carbons (Fsp3) is 0.118. The van der Waals surface area contributed by atoms with Gasteiger partial charge in [-0.25, -0.2) is 0 Å². The van der Waals surface area contributed by atoms with E-state index >= 15 is 0 Å². The van der Waals surface area contributed by atoms with Gasteiger partial charge in [0, 0.05) is 17.6 Å². The molecule has 5 heteroatoms. The van der Waals surface area contributed by atoms with Gasteiger partial charge in [0.1, 0.15) is 5.75 Å². The monoisotopic (exact) mass is 360 g/mol. The lowest BCUT2D eigenvalue weighted by Gasteiger charge is -2.08. The van der Waals surface area contributed by atoms with Crippen molar-refractivity contribution in [3.05, 3.63) is 70.0 Å². The number of phenolic OH excluding ortho intramolecular Hbond substituents is 1. The van der Waals surface area contributed by atoms with Crippen molar-refractivity contribution < 1.29 is 5.11 Å². The molecule has 0 bridgehead atoms. The maximum absolute atomic E-state index is 12.1. The molecule has 0 atom stereocenters. The molecule has 0 saturated heterocycles. The van der Waals surface area contributed by atoms with Crippen LogP contribution in [0.15, 0.2) is 53.3 Å². The summed E-state index contributed by atoms with van der Waals surface area (Å²) in [5.74, 6) is 0.172. The fourth-order valence-electron chi connectivity index (χ4n) is 2.30. The van der Waals surface area contributed by atoms with Crippen molar-refractivity contribution >= 4 is 33.6 Å². The van der Waals surface area contributed by atoms with Crippen LogP contribution in [0.5, 0.6) is 5.75 Å². The molecule has 1 aromatic heterocycles. The van der Waals surface area contributed by atoms with Crippen molar-refractivity contribution in [2.75, 3.05) is 5.32 Å². The van der Waals surface area contributed by atoms with E-state index in [1.165, 1.54) is 0 Å². The third kappa shape index (κ3) is 3.31. The molecule has 2 aromatic carbocycles. The number of nitrogens with one attached hydrogen (secondary N) is 2. The number of hydrogen-bond donors (Lipinski definition) is 3. The van der Waals surface area contributed by atoms with E-state index in [0.29, 0.717) is 17.8 Å². The second-order valence-electron chi connectivity index (χ2n) is 5.09. The van der Waals surface area contributed by atoms with E-state index in [0.717, 1.165) is 16.5 Å². The molecular formula is C17H17BrN2O2. The molecule has 0 aliphatic rings. The highest BCUT2D eigenvalue weighted by Crippen LogP contribution is 2.22. The number of aromatic amines is 1. The second-order valence-corrected chi connectivity index (χ2v) is 5.09. The van der Waals surface area contributed by atoms with E-state index in [4.69, 9.17) is 0 Å². The summed E-state index contributed by atoms with van der Waals surface area (Å²) < 4.78 is 0. The number of fused-ring (bicyclic) bond motifs is 1. The van der Waals surface area contributed by atoms with Gasteiger partial charge in [-0.1, -0.05) is 24.3 Å². The first-order chi connectivity index (χ1) is 10.1. The van der Waals surface area contributed by atoms with Crippen LogP contribution in [-0.2, 0) is 6.54 Å². The zero-order valence-electron chi connectivity index (χ0n) is 12.1. The molecule has 0 aliphatic heterocycles. The number of phenols is 1. The molecule has 0 saturated carbocycles. The second kappa shape index (κ2) is 6.66. The number of H-pyrrole nitrogens is 1. The van der Waals surface area contributed by atoms with Crippen LogP contribution in [0.3, 0.4) is 0 Å². The van der Waals surface area contributed by atoms with Gasteiger partial charge >= 0.3 is 0 Å². The Morgan fingerprint density at radius 1 is 1.14 bits per heavy atom. The largest absolute Gasteiger partial charge is 0.506 e. The number of benzene rings is 2. The summed E-state index contributed by atoms with van der Waals surface area (Å²) in [5, 5.41) is 13.8. The van der Waals surface area contributed by atoms with Gasteiger partial charge in [-0.3, -0.25) is 4.79 Å². The average molecular weight is 361 g/mol. The quantitative estimate of drug-likeness (QED) is 0.623. The minimum Gasteiger partial charge on any atom is -0.506 e.